The molecule has 6 nitrogen and oxygen atoms in total. The van der Waals surface area contributed by atoms with Gasteiger partial charge in [-0.25, -0.2) is 9.59 Å². The zero-order chi connectivity index (χ0) is 28.6. The van der Waals surface area contributed by atoms with Gasteiger partial charge in [-0.1, -0.05) is 6.07 Å². The molecule has 16 heteroatoms. The molecule has 0 unspecified atom stereocenters. The van der Waals surface area contributed by atoms with Crippen molar-refractivity contribution in [1.29, 1.82) is 0 Å². The van der Waals surface area contributed by atoms with Crippen LogP contribution >= 0.6 is 11.3 Å². The molecule has 0 bridgehead atoms. The lowest BCUT2D eigenvalue weighted by atomic mass is 9.99. The number of halogens is 9. The van der Waals surface area contributed by atoms with E-state index >= 15 is 0 Å². The van der Waals surface area contributed by atoms with Gasteiger partial charge in [0.05, 0.1) is 5.56 Å². The molecule has 1 aliphatic heterocycles. The van der Waals surface area contributed by atoms with E-state index in [1.165, 1.54) is 12.1 Å². The van der Waals surface area contributed by atoms with Gasteiger partial charge in [-0.05, 0) is 41.8 Å². The van der Waals surface area contributed by atoms with E-state index in [1.807, 2.05) is 0 Å². The second-order valence-electron chi connectivity index (χ2n) is 8.41. The number of amides is 1. The van der Waals surface area contributed by atoms with Crippen molar-refractivity contribution in [3.63, 3.8) is 0 Å². The number of piperazine rings is 1. The van der Waals surface area contributed by atoms with Crippen LogP contribution in [0, 0.1) is 6.92 Å². The number of rotatable bonds is 5. The highest BCUT2D eigenvalue weighted by Crippen LogP contribution is 2.39. The van der Waals surface area contributed by atoms with Crippen molar-refractivity contribution in [2.24, 2.45) is 0 Å². The largest absolute Gasteiger partial charge is 0.477 e. The maximum Gasteiger partial charge on any atom is 0.434 e. The average Bonchev–Trinajstić information content (AvgIpc) is 3.17. The van der Waals surface area contributed by atoms with Gasteiger partial charge in [-0.3, -0.25) is 4.90 Å². The average molecular weight is 578 g/mol. The molecule has 1 fully saturated rings. The predicted molar refractivity (Wildman–Crippen MR) is 116 cm³/mol. The number of aromatic carboxylic acids is 1. The standard InChI is InChI=1S/C22H19F9N2O4S/c1-11-8-15(17(34)35)38-16(11)14-9-13(20(23,24)25)3-2-12(14)10-32-4-6-33(7-5-32)19(36)37-18(21(26,27)28)22(29,30)31/h2-3,8-9,18H,4-7,10H2,1H3,(H,34,35). The number of aryl methyl sites for hydroxylation is 1. The maximum absolute atomic E-state index is 13.4. The number of carbonyl (C=O) groups excluding carboxylic acids is 1. The van der Waals surface area contributed by atoms with Gasteiger partial charge >= 0.3 is 30.6 Å². The van der Waals surface area contributed by atoms with Crippen molar-refractivity contribution in [2.75, 3.05) is 26.2 Å². The van der Waals surface area contributed by atoms with Crippen LogP contribution in [0.15, 0.2) is 24.3 Å². The number of hydrogen-bond acceptors (Lipinski definition) is 5. The number of thiophene rings is 1. The van der Waals surface area contributed by atoms with E-state index in [0.29, 0.717) is 20.9 Å². The molecule has 0 aliphatic carbocycles. The summed E-state index contributed by atoms with van der Waals surface area (Å²) in [5.74, 6) is -1.25. The van der Waals surface area contributed by atoms with Crippen molar-refractivity contribution >= 4 is 23.4 Å². The van der Waals surface area contributed by atoms with E-state index in [4.69, 9.17) is 0 Å². The molecule has 1 aromatic heterocycles. The third-order valence-electron chi connectivity index (χ3n) is 5.65. The molecule has 0 atom stereocenters. The first-order valence-corrected chi connectivity index (χ1v) is 11.5. The predicted octanol–water partition coefficient (Wildman–Crippen LogP) is 6.19. The number of nitrogens with zero attached hydrogens (tertiary/aromatic N) is 2. The first kappa shape index (κ1) is 29.5. The number of ether oxygens (including phenoxy) is 1. The van der Waals surface area contributed by atoms with E-state index in [1.54, 1.807) is 11.8 Å². The van der Waals surface area contributed by atoms with E-state index in [2.05, 4.69) is 4.74 Å². The van der Waals surface area contributed by atoms with Crippen LogP contribution in [0.3, 0.4) is 0 Å². The van der Waals surface area contributed by atoms with Gasteiger partial charge in [0.1, 0.15) is 4.88 Å². The molecule has 38 heavy (non-hydrogen) atoms. The molecule has 1 amide bonds. The summed E-state index contributed by atoms with van der Waals surface area (Å²) in [6, 6.07) is 4.28. The Balaban J connectivity index is 1.77. The molecule has 3 rings (SSSR count). The molecule has 0 saturated carbocycles. The van der Waals surface area contributed by atoms with Crippen LogP contribution in [0.4, 0.5) is 44.3 Å². The highest BCUT2D eigenvalue weighted by Gasteiger charge is 2.60. The number of hydrogen-bond donors (Lipinski definition) is 1. The quantitative estimate of drug-likeness (QED) is 0.429. The zero-order valence-corrected chi connectivity index (χ0v) is 20.1. The molecule has 1 saturated heterocycles. The van der Waals surface area contributed by atoms with Crippen molar-refractivity contribution in [2.45, 2.75) is 38.1 Å². The van der Waals surface area contributed by atoms with Gasteiger partial charge in [0.2, 0.25) is 0 Å². The topological polar surface area (TPSA) is 70.1 Å². The lowest BCUT2D eigenvalue weighted by Crippen LogP contribution is -2.52. The van der Waals surface area contributed by atoms with E-state index in [9.17, 15) is 54.2 Å². The Morgan fingerprint density at radius 1 is 0.974 bits per heavy atom. The van der Waals surface area contributed by atoms with Crippen LogP contribution in [0.2, 0.25) is 0 Å². The van der Waals surface area contributed by atoms with Crippen molar-refractivity contribution in [3.8, 4) is 10.4 Å². The fraction of sp³-hybridized carbons (Fsp3) is 0.455. The van der Waals surface area contributed by atoms with Crippen LogP contribution in [-0.2, 0) is 17.5 Å². The van der Waals surface area contributed by atoms with E-state index in [0.717, 1.165) is 23.5 Å². The van der Waals surface area contributed by atoms with Gasteiger partial charge in [0.15, 0.2) is 0 Å². The summed E-state index contributed by atoms with van der Waals surface area (Å²) >= 11 is 0.791. The SMILES string of the molecule is Cc1cc(C(=O)O)sc1-c1cc(C(F)(F)F)ccc1CN1CCN(C(=O)OC(C(F)(F)F)C(F)(F)F)CC1. The van der Waals surface area contributed by atoms with Gasteiger partial charge in [0.25, 0.3) is 6.10 Å². The molecule has 0 spiro atoms. The molecule has 1 N–H and O–H groups in total. The van der Waals surface area contributed by atoms with Crippen molar-refractivity contribution in [1.82, 2.24) is 9.80 Å². The first-order valence-electron chi connectivity index (χ1n) is 10.7. The number of alkyl halides is 9. The summed E-state index contributed by atoms with van der Waals surface area (Å²) in [6.07, 6.45) is -22.5. The van der Waals surface area contributed by atoms with Gasteiger partial charge < -0.3 is 14.7 Å². The molecule has 1 aromatic carbocycles. The molecule has 2 aromatic rings. The van der Waals surface area contributed by atoms with Crippen LogP contribution in [0.5, 0.6) is 0 Å². The zero-order valence-electron chi connectivity index (χ0n) is 19.3. The molecule has 1 aliphatic rings. The van der Waals surface area contributed by atoms with Gasteiger partial charge in [-0.2, -0.15) is 39.5 Å². The molecular weight excluding hydrogens is 559 g/mol. The summed E-state index contributed by atoms with van der Waals surface area (Å²) < 4.78 is 120. The Hall–Kier alpha value is -3.01. The summed E-state index contributed by atoms with van der Waals surface area (Å²) in [5, 5.41) is 9.25. The minimum Gasteiger partial charge on any atom is -0.477 e. The third kappa shape index (κ3) is 6.89. The van der Waals surface area contributed by atoms with Crippen LogP contribution < -0.4 is 0 Å². The second kappa shape index (κ2) is 10.6. The number of carboxylic acid groups (broad SMARTS) is 1. The molecule has 0 radical (unpaired) electrons. The second-order valence-corrected chi connectivity index (χ2v) is 9.46. The van der Waals surface area contributed by atoms with Crippen LogP contribution in [-0.4, -0.2) is 71.6 Å². The lowest BCUT2D eigenvalue weighted by Gasteiger charge is -2.35. The van der Waals surface area contributed by atoms with E-state index in [-0.39, 0.29) is 43.2 Å². The Morgan fingerprint density at radius 2 is 1.55 bits per heavy atom. The monoisotopic (exact) mass is 578 g/mol. The Morgan fingerprint density at radius 3 is 2.03 bits per heavy atom. The van der Waals surface area contributed by atoms with Gasteiger partial charge in [-0.15, -0.1) is 11.3 Å². The highest BCUT2D eigenvalue weighted by molar-refractivity contribution is 7.17. The molecule has 210 valence electrons. The third-order valence-corrected chi connectivity index (χ3v) is 6.91. The summed E-state index contributed by atoms with van der Waals surface area (Å²) in [6.45, 7) is 0.923. The van der Waals surface area contributed by atoms with E-state index < -0.39 is 42.3 Å². The van der Waals surface area contributed by atoms with Crippen molar-refractivity contribution in [3.05, 3.63) is 45.8 Å². The summed E-state index contributed by atoms with van der Waals surface area (Å²) in [5.41, 5.74) is -0.0122. The smallest absolute Gasteiger partial charge is 0.434 e. The van der Waals surface area contributed by atoms with Gasteiger partial charge in [0, 0.05) is 37.6 Å². The maximum atomic E-state index is 13.4. The van der Waals surface area contributed by atoms with Crippen LogP contribution in [0.1, 0.15) is 26.4 Å². The Bertz CT molecular complexity index is 1170. The minimum atomic E-state index is -5.85. The number of carbonyl (C=O) groups is 2. The molecular formula is C22H19F9N2O4S. The summed E-state index contributed by atoms with van der Waals surface area (Å²) in [4.78, 5) is 25.8. The fourth-order valence-electron chi connectivity index (χ4n) is 3.78. The lowest BCUT2D eigenvalue weighted by molar-refractivity contribution is -0.308. The highest BCUT2D eigenvalue weighted by atomic mass is 32.1. The minimum absolute atomic E-state index is 0.0177. The van der Waals surface area contributed by atoms with Crippen molar-refractivity contribution < 1.29 is 58.9 Å². The molecule has 2 heterocycles. The Labute approximate surface area is 213 Å². The number of benzene rings is 1. The van der Waals surface area contributed by atoms with Crippen LogP contribution in [0.25, 0.3) is 10.4 Å². The normalized spacial score (nSPS) is 15.7. The number of carboxylic acids is 1. The Kier molecular flexibility index (Phi) is 8.27. The first-order chi connectivity index (χ1) is 17.4. The fourth-order valence-corrected chi connectivity index (χ4v) is 4.84. The summed E-state index contributed by atoms with van der Waals surface area (Å²) in [7, 11) is 0.